The third kappa shape index (κ3) is 1.75. The summed E-state index contributed by atoms with van der Waals surface area (Å²) in [5.74, 6) is -3.65. The number of likely N-dealkylation sites (tertiary alicyclic amines) is 1. The Morgan fingerprint density at radius 3 is 2.14 bits per heavy atom. The van der Waals surface area contributed by atoms with Crippen LogP contribution in [-0.4, -0.2) is 46.0 Å². The van der Waals surface area contributed by atoms with Crippen LogP contribution in [0.15, 0.2) is 18.2 Å². The zero-order chi connectivity index (χ0) is 16.3. The van der Waals surface area contributed by atoms with E-state index in [2.05, 4.69) is 0 Å². The molecular weight excluding hydrogens is 317 g/mol. The summed E-state index contributed by atoms with van der Waals surface area (Å²) in [6.45, 7) is -0.387. The minimum Gasteiger partial charge on any atom is -0.481 e. The summed E-state index contributed by atoms with van der Waals surface area (Å²) >= 11 is 5.82. The third-order valence-corrected chi connectivity index (χ3v) is 4.90. The van der Waals surface area contributed by atoms with E-state index in [4.69, 9.17) is 11.6 Å². The quantitative estimate of drug-likeness (QED) is 0.877. The lowest BCUT2D eigenvalue weighted by atomic mass is 9.97. The Bertz CT molecular complexity index is 695. The second kappa shape index (κ2) is 4.42. The van der Waals surface area contributed by atoms with Crippen molar-refractivity contribution in [1.29, 1.82) is 0 Å². The van der Waals surface area contributed by atoms with E-state index in [0.717, 1.165) is 17.0 Å². The van der Waals surface area contributed by atoms with E-state index in [-0.39, 0.29) is 30.1 Å². The van der Waals surface area contributed by atoms with Crippen LogP contribution in [0.5, 0.6) is 0 Å². The number of amides is 1. The molecule has 1 aromatic rings. The number of carbonyl (C=O) groups is 3. The molecule has 0 bridgehead atoms. The van der Waals surface area contributed by atoms with Crippen LogP contribution in [0.4, 0.5) is 4.39 Å². The molecule has 8 heteroatoms. The number of rotatable bonds is 3. The van der Waals surface area contributed by atoms with Crippen LogP contribution < -0.4 is 0 Å². The Balaban J connectivity index is 1.91. The molecule has 2 atom stereocenters. The lowest BCUT2D eigenvalue weighted by Crippen LogP contribution is -2.34. The molecule has 0 radical (unpaired) electrons. The maximum absolute atomic E-state index is 13.0. The van der Waals surface area contributed by atoms with Crippen molar-refractivity contribution in [1.82, 2.24) is 4.90 Å². The van der Waals surface area contributed by atoms with Crippen LogP contribution in [0.3, 0.4) is 0 Å². The highest BCUT2D eigenvalue weighted by molar-refractivity contribution is 6.33. The highest BCUT2D eigenvalue weighted by Crippen LogP contribution is 2.68. The van der Waals surface area contributed by atoms with Gasteiger partial charge in [-0.25, -0.2) is 4.39 Å². The summed E-state index contributed by atoms with van der Waals surface area (Å²) in [4.78, 5) is 36.4. The van der Waals surface area contributed by atoms with Gasteiger partial charge >= 0.3 is 11.9 Å². The lowest BCUT2D eigenvalue weighted by Gasteiger charge is -2.20. The Morgan fingerprint density at radius 2 is 1.68 bits per heavy atom. The van der Waals surface area contributed by atoms with Gasteiger partial charge in [-0.05, 0) is 24.6 Å². The van der Waals surface area contributed by atoms with Crippen molar-refractivity contribution >= 4 is 29.4 Å². The van der Waals surface area contributed by atoms with Crippen molar-refractivity contribution in [2.24, 2.45) is 10.8 Å². The fourth-order valence-electron chi connectivity index (χ4n) is 3.27. The van der Waals surface area contributed by atoms with E-state index in [1.165, 1.54) is 6.07 Å². The predicted octanol–water partition coefficient (Wildman–Crippen LogP) is 1.48. The minimum absolute atomic E-state index is 0.00555. The maximum Gasteiger partial charge on any atom is 0.312 e. The zero-order valence-corrected chi connectivity index (χ0v) is 11.9. The molecule has 0 unspecified atom stereocenters. The number of benzene rings is 1. The molecule has 1 amide bonds. The van der Waals surface area contributed by atoms with E-state index in [9.17, 15) is 29.0 Å². The largest absolute Gasteiger partial charge is 0.481 e. The molecule has 0 aromatic heterocycles. The summed E-state index contributed by atoms with van der Waals surface area (Å²) in [5, 5.41) is 18.5. The molecule has 6 nitrogen and oxygen atoms in total. The van der Waals surface area contributed by atoms with Crippen molar-refractivity contribution in [3.05, 3.63) is 34.6 Å². The van der Waals surface area contributed by atoms with Crippen LogP contribution in [0, 0.1) is 16.6 Å². The number of aliphatic carboxylic acids is 2. The first-order valence-corrected chi connectivity index (χ1v) is 6.82. The van der Waals surface area contributed by atoms with Gasteiger partial charge < -0.3 is 15.1 Å². The van der Waals surface area contributed by atoms with Gasteiger partial charge in [0.05, 0.1) is 10.6 Å². The SMILES string of the molecule is O=C(c1ccc(F)cc1Cl)N1C[C@@]2(C(=O)O)C[C@@]2(C(=O)O)C1. The van der Waals surface area contributed by atoms with Crippen LogP contribution in [0.25, 0.3) is 0 Å². The minimum atomic E-state index is -1.44. The lowest BCUT2D eigenvalue weighted by molar-refractivity contribution is -0.151. The number of carboxylic acid groups (broad SMARTS) is 2. The molecule has 1 aliphatic carbocycles. The molecular formula is C14H11ClFNO5. The molecule has 1 aliphatic heterocycles. The highest BCUT2D eigenvalue weighted by atomic mass is 35.5. The van der Waals surface area contributed by atoms with Crippen LogP contribution in [0.2, 0.25) is 5.02 Å². The zero-order valence-electron chi connectivity index (χ0n) is 11.2. The van der Waals surface area contributed by atoms with Gasteiger partial charge in [-0.1, -0.05) is 11.6 Å². The second-order valence-corrected chi connectivity index (χ2v) is 6.14. The number of nitrogens with zero attached hydrogens (tertiary/aromatic N) is 1. The van der Waals surface area contributed by atoms with E-state index in [1.807, 2.05) is 0 Å². The van der Waals surface area contributed by atoms with Gasteiger partial charge in [-0.3, -0.25) is 14.4 Å². The number of hydrogen-bond donors (Lipinski definition) is 2. The average molecular weight is 328 g/mol. The number of piperidine rings is 1. The molecule has 1 saturated carbocycles. The summed E-state index contributed by atoms with van der Waals surface area (Å²) in [6, 6.07) is 3.24. The second-order valence-electron chi connectivity index (χ2n) is 5.74. The molecule has 0 spiro atoms. The molecule has 2 fully saturated rings. The van der Waals surface area contributed by atoms with Gasteiger partial charge in [-0.2, -0.15) is 0 Å². The van der Waals surface area contributed by atoms with E-state index in [1.54, 1.807) is 0 Å². The van der Waals surface area contributed by atoms with Crippen molar-refractivity contribution in [2.75, 3.05) is 13.1 Å². The van der Waals surface area contributed by atoms with Gasteiger partial charge in [0.25, 0.3) is 5.91 Å². The van der Waals surface area contributed by atoms with Crippen LogP contribution >= 0.6 is 11.6 Å². The van der Waals surface area contributed by atoms with E-state index in [0.29, 0.717) is 0 Å². The monoisotopic (exact) mass is 327 g/mol. The van der Waals surface area contributed by atoms with Gasteiger partial charge in [0.2, 0.25) is 0 Å². The van der Waals surface area contributed by atoms with Crippen LogP contribution in [-0.2, 0) is 9.59 Å². The van der Waals surface area contributed by atoms with Crippen LogP contribution in [0.1, 0.15) is 16.8 Å². The summed E-state index contributed by atoms with van der Waals surface area (Å²) in [6.07, 6.45) is 0.00555. The molecule has 1 aromatic carbocycles. The van der Waals surface area contributed by atoms with Crippen molar-refractivity contribution in [2.45, 2.75) is 6.42 Å². The molecule has 2 N–H and O–H groups in total. The summed E-state index contributed by atoms with van der Waals surface area (Å²) in [7, 11) is 0. The fraction of sp³-hybridized carbons (Fsp3) is 0.357. The maximum atomic E-state index is 13.0. The van der Waals surface area contributed by atoms with Crippen molar-refractivity contribution in [3.63, 3.8) is 0 Å². The summed E-state index contributed by atoms with van der Waals surface area (Å²) in [5.41, 5.74) is -2.87. The van der Waals surface area contributed by atoms with E-state index >= 15 is 0 Å². The Hall–Kier alpha value is -2.15. The van der Waals surface area contributed by atoms with Crippen molar-refractivity contribution in [3.8, 4) is 0 Å². The molecule has 2 aliphatic rings. The van der Waals surface area contributed by atoms with Crippen molar-refractivity contribution < 1.29 is 29.0 Å². The molecule has 1 saturated heterocycles. The molecule has 116 valence electrons. The van der Waals surface area contributed by atoms with E-state index < -0.39 is 34.5 Å². The normalized spacial score (nSPS) is 29.1. The topological polar surface area (TPSA) is 94.9 Å². The summed E-state index contributed by atoms with van der Waals surface area (Å²) < 4.78 is 13.0. The number of carboxylic acids is 2. The fourth-order valence-corrected chi connectivity index (χ4v) is 3.51. The van der Waals surface area contributed by atoms with Gasteiger partial charge in [0.15, 0.2) is 0 Å². The molecule has 3 rings (SSSR count). The number of fused-ring (bicyclic) bond motifs is 1. The predicted molar refractivity (Wildman–Crippen MR) is 72.1 cm³/mol. The Kier molecular flexibility index (Phi) is 2.97. The first-order valence-electron chi connectivity index (χ1n) is 6.45. The molecule has 22 heavy (non-hydrogen) atoms. The average Bonchev–Trinajstić information content (AvgIpc) is 2.97. The van der Waals surface area contributed by atoms with Gasteiger partial charge in [-0.15, -0.1) is 0 Å². The highest BCUT2D eigenvalue weighted by Gasteiger charge is 2.81. The number of halogens is 2. The number of carbonyl (C=O) groups excluding carboxylic acids is 1. The molecule has 1 heterocycles. The standard InChI is InChI=1S/C14H11ClFNO5/c15-9-3-7(16)1-2-8(9)10(18)17-5-13(11(19)20)4-14(13,6-17)12(21)22/h1-3H,4-6H2,(H,19,20)(H,21,22)/t13-,14+. The Morgan fingerprint density at radius 1 is 1.14 bits per heavy atom. The van der Waals surface area contributed by atoms with Gasteiger partial charge in [0, 0.05) is 13.1 Å². The number of hydrogen-bond acceptors (Lipinski definition) is 3. The smallest absolute Gasteiger partial charge is 0.312 e. The van der Waals surface area contributed by atoms with Gasteiger partial charge in [0.1, 0.15) is 16.6 Å². The third-order valence-electron chi connectivity index (χ3n) is 4.58. The first-order chi connectivity index (χ1) is 10.2. The Labute approximate surface area is 129 Å². The first kappa shape index (κ1) is 14.8.